The van der Waals surface area contributed by atoms with Gasteiger partial charge in [0.15, 0.2) is 0 Å². The van der Waals surface area contributed by atoms with Crippen molar-refractivity contribution in [1.82, 2.24) is 0 Å². The molecule has 2 unspecified atom stereocenters. The summed E-state index contributed by atoms with van der Waals surface area (Å²) in [5.41, 5.74) is -6.29. The van der Waals surface area contributed by atoms with Gasteiger partial charge >= 0.3 is 12.1 Å². The third-order valence-electron chi connectivity index (χ3n) is 3.36. The zero-order valence-electron chi connectivity index (χ0n) is 12.1. The Morgan fingerprint density at radius 3 is 1.95 bits per heavy atom. The van der Waals surface area contributed by atoms with Gasteiger partial charge in [0.05, 0.1) is 11.8 Å². The molecule has 0 aromatic carbocycles. The average molecular weight is 342 g/mol. The van der Waals surface area contributed by atoms with Crippen molar-refractivity contribution in [3.63, 3.8) is 0 Å². The van der Waals surface area contributed by atoms with Crippen LogP contribution >= 0.6 is 0 Å². The Morgan fingerprint density at radius 1 is 1.18 bits per heavy atom. The summed E-state index contributed by atoms with van der Waals surface area (Å²) in [5.74, 6) is -6.47. The molecular formula is C12H17F7O3. The summed E-state index contributed by atoms with van der Waals surface area (Å²) in [6, 6.07) is 0. The maximum atomic E-state index is 13.4. The van der Waals surface area contributed by atoms with Crippen LogP contribution in [0.15, 0.2) is 0 Å². The van der Waals surface area contributed by atoms with Crippen LogP contribution < -0.4 is 0 Å². The van der Waals surface area contributed by atoms with Gasteiger partial charge in [0.2, 0.25) is 6.36 Å². The Bertz CT molecular complexity index is 395. The molecule has 0 spiro atoms. The van der Waals surface area contributed by atoms with Crippen molar-refractivity contribution in [2.24, 2.45) is 5.41 Å². The van der Waals surface area contributed by atoms with Gasteiger partial charge in [-0.2, -0.15) is 13.2 Å². The zero-order valence-corrected chi connectivity index (χ0v) is 12.1. The van der Waals surface area contributed by atoms with Crippen LogP contribution in [-0.2, 0) is 9.53 Å². The Labute approximate surface area is 122 Å². The molecule has 3 nitrogen and oxygen atoms in total. The second kappa shape index (κ2) is 6.59. The molecule has 0 saturated heterocycles. The molecule has 0 aromatic heterocycles. The minimum absolute atomic E-state index is 0.159. The molecule has 132 valence electrons. The predicted molar refractivity (Wildman–Crippen MR) is 61.6 cm³/mol. The molecular weight excluding hydrogens is 325 g/mol. The van der Waals surface area contributed by atoms with Crippen molar-refractivity contribution in [1.29, 1.82) is 0 Å². The summed E-state index contributed by atoms with van der Waals surface area (Å²) in [5, 5.41) is 8.82. The highest BCUT2D eigenvalue weighted by atomic mass is 19.4. The second-order valence-electron chi connectivity index (χ2n) is 5.45. The van der Waals surface area contributed by atoms with E-state index in [1.807, 2.05) is 0 Å². The molecule has 0 fully saturated rings. The number of hydrogen-bond acceptors (Lipinski definition) is 3. The van der Waals surface area contributed by atoms with Gasteiger partial charge in [-0.3, -0.25) is 4.79 Å². The first kappa shape index (κ1) is 20.9. The first-order valence-corrected chi connectivity index (χ1v) is 6.22. The highest BCUT2D eigenvalue weighted by molar-refractivity contribution is 5.75. The third-order valence-corrected chi connectivity index (χ3v) is 3.36. The van der Waals surface area contributed by atoms with Crippen molar-refractivity contribution in [3.8, 4) is 0 Å². The van der Waals surface area contributed by atoms with Crippen LogP contribution in [0.25, 0.3) is 0 Å². The van der Waals surface area contributed by atoms with E-state index in [-0.39, 0.29) is 6.42 Å². The molecule has 22 heavy (non-hydrogen) atoms. The quantitative estimate of drug-likeness (QED) is 0.569. The maximum Gasteiger partial charge on any atom is 0.425 e. The number of rotatable bonds is 7. The number of ether oxygens (including phenoxy) is 1. The van der Waals surface area contributed by atoms with Gasteiger partial charge in [-0.1, -0.05) is 6.92 Å². The molecule has 0 radical (unpaired) electrons. The smallest absolute Gasteiger partial charge is 0.425 e. The fourth-order valence-corrected chi connectivity index (χ4v) is 1.21. The number of hydrogen-bond donors (Lipinski definition) is 1. The maximum absolute atomic E-state index is 13.4. The number of carbonyl (C=O) groups excluding carboxylic acids is 1. The number of esters is 1. The second-order valence-corrected chi connectivity index (χ2v) is 5.45. The van der Waals surface area contributed by atoms with E-state index >= 15 is 0 Å². The Balaban J connectivity index is 5.10. The minimum Gasteiger partial charge on any atom is -0.430 e. The lowest BCUT2D eigenvalue weighted by molar-refractivity contribution is -0.341. The summed E-state index contributed by atoms with van der Waals surface area (Å²) < 4.78 is 93.5. The van der Waals surface area contributed by atoms with Gasteiger partial charge in [0.25, 0.3) is 11.5 Å². The Hall–Kier alpha value is -1.06. The van der Waals surface area contributed by atoms with Gasteiger partial charge in [-0.05, 0) is 20.3 Å². The van der Waals surface area contributed by atoms with Crippen LogP contribution in [0.1, 0.15) is 33.6 Å². The highest BCUT2D eigenvalue weighted by Crippen LogP contribution is 2.45. The van der Waals surface area contributed by atoms with Gasteiger partial charge in [0, 0.05) is 0 Å². The predicted octanol–water partition coefficient (Wildman–Crippen LogP) is 3.55. The van der Waals surface area contributed by atoms with E-state index in [2.05, 4.69) is 4.74 Å². The molecule has 1 N–H and O–H groups in total. The number of halogens is 7. The minimum atomic E-state index is -6.03. The summed E-state index contributed by atoms with van der Waals surface area (Å²) >= 11 is 0. The average Bonchev–Trinajstić information content (AvgIpc) is 2.34. The van der Waals surface area contributed by atoms with E-state index < -0.39 is 48.5 Å². The van der Waals surface area contributed by atoms with Crippen molar-refractivity contribution >= 4 is 5.97 Å². The van der Waals surface area contributed by atoms with Gasteiger partial charge in [0.1, 0.15) is 6.67 Å². The molecule has 0 rings (SSSR count). The normalized spacial score (nSPS) is 17.8. The van der Waals surface area contributed by atoms with Crippen LogP contribution in [0.2, 0.25) is 0 Å². The SMILES string of the molecule is CCC(C)(C)C(=O)OC(F)CC(F)(F)C(O)(CF)C(F)(F)F. The lowest BCUT2D eigenvalue weighted by Crippen LogP contribution is -2.61. The number of aliphatic hydroxyl groups is 1. The van der Waals surface area contributed by atoms with Crippen molar-refractivity contribution in [2.45, 2.75) is 57.7 Å². The van der Waals surface area contributed by atoms with Gasteiger partial charge in [-0.25, -0.2) is 17.6 Å². The lowest BCUT2D eigenvalue weighted by atomic mass is 9.90. The largest absolute Gasteiger partial charge is 0.430 e. The molecule has 0 amide bonds. The standard InChI is InChI=1S/C12H17F7O3/c1-4-9(2,3)8(20)22-7(14)5-11(15,16)10(21,6-13)12(17,18)19/h7,21H,4-6H2,1-3H3. The first-order valence-electron chi connectivity index (χ1n) is 6.22. The Morgan fingerprint density at radius 2 is 1.64 bits per heavy atom. The topological polar surface area (TPSA) is 46.5 Å². The van der Waals surface area contributed by atoms with Crippen molar-refractivity contribution in [3.05, 3.63) is 0 Å². The van der Waals surface area contributed by atoms with Gasteiger partial charge in [-0.15, -0.1) is 0 Å². The molecule has 2 atom stereocenters. The van der Waals surface area contributed by atoms with E-state index in [4.69, 9.17) is 5.11 Å². The third kappa shape index (κ3) is 4.23. The van der Waals surface area contributed by atoms with Crippen LogP contribution in [-0.4, -0.2) is 41.8 Å². The number of alkyl halides is 7. The molecule has 10 heteroatoms. The van der Waals surface area contributed by atoms with E-state index in [9.17, 15) is 35.5 Å². The first-order chi connectivity index (χ1) is 9.64. The monoisotopic (exact) mass is 342 g/mol. The number of carbonyl (C=O) groups is 1. The van der Waals surface area contributed by atoms with E-state index in [0.29, 0.717) is 0 Å². The molecule has 0 aromatic rings. The molecule has 0 aliphatic heterocycles. The van der Waals surface area contributed by atoms with E-state index in [1.165, 1.54) is 20.8 Å². The zero-order chi connectivity index (χ0) is 18.0. The van der Waals surface area contributed by atoms with Crippen molar-refractivity contribution in [2.75, 3.05) is 6.67 Å². The fraction of sp³-hybridized carbons (Fsp3) is 0.917. The summed E-state index contributed by atoms with van der Waals surface area (Å²) in [6.45, 7) is 1.28. The van der Waals surface area contributed by atoms with Crippen LogP contribution in [0, 0.1) is 5.41 Å². The lowest BCUT2D eigenvalue weighted by Gasteiger charge is -2.35. The highest BCUT2D eigenvalue weighted by Gasteiger charge is 2.69. The van der Waals surface area contributed by atoms with Crippen LogP contribution in [0.5, 0.6) is 0 Å². The van der Waals surface area contributed by atoms with Crippen LogP contribution in [0.4, 0.5) is 30.7 Å². The van der Waals surface area contributed by atoms with E-state index in [1.54, 1.807) is 0 Å². The summed E-state index contributed by atoms with van der Waals surface area (Å²) in [6.07, 6.45) is -11.3. The molecule has 0 aliphatic carbocycles. The Kier molecular flexibility index (Phi) is 6.27. The van der Waals surface area contributed by atoms with Crippen LogP contribution in [0.3, 0.4) is 0 Å². The molecule has 0 saturated carbocycles. The fourth-order valence-electron chi connectivity index (χ4n) is 1.21. The molecule has 0 heterocycles. The van der Waals surface area contributed by atoms with E-state index in [0.717, 1.165) is 0 Å². The van der Waals surface area contributed by atoms with Gasteiger partial charge < -0.3 is 9.84 Å². The van der Waals surface area contributed by atoms with Crippen molar-refractivity contribution < 1.29 is 45.4 Å². The summed E-state index contributed by atoms with van der Waals surface area (Å²) in [7, 11) is 0. The molecule has 0 bridgehead atoms. The molecule has 0 aliphatic rings. The summed E-state index contributed by atoms with van der Waals surface area (Å²) in [4.78, 5) is 11.4.